The largest absolute Gasteiger partial charge is 0.443 e. The van der Waals surface area contributed by atoms with Gasteiger partial charge in [0.25, 0.3) is 0 Å². The van der Waals surface area contributed by atoms with Crippen LogP contribution < -0.4 is 10.6 Å². The Morgan fingerprint density at radius 3 is 2.68 bits per heavy atom. The van der Waals surface area contributed by atoms with Crippen LogP contribution in [0.15, 0.2) is 56.3 Å². The fourth-order valence-corrected chi connectivity index (χ4v) is 4.33. The number of oxazole rings is 1. The summed E-state index contributed by atoms with van der Waals surface area (Å²) < 4.78 is 28.9. The number of nitrogens with one attached hydrogen (secondary N) is 2. The molecule has 148 valence electrons. The van der Waals surface area contributed by atoms with Gasteiger partial charge in [0.1, 0.15) is 6.26 Å². The van der Waals surface area contributed by atoms with Crippen LogP contribution in [0.5, 0.6) is 0 Å². The molecule has 7 nitrogen and oxygen atoms in total. The summed E-state index contributed by atoms with van der Waals surface area (Å²) in [5.74, 6) is 1.22. The lowest BCUT2D eigenvalue weighted by Crippen LogP contribution is -2.36. The molecule has 0 fully saturated rings. The zero-order chi connectivity index (χ0) is 20.1. The maximum Gasteiger partial charge on any atom is 0.236 e. The van der Waals surface area contributed by atoms with Crippen LogP contribution >= 0.6 is 11.3 Å². The van der Waals surface area contributed by atoms with Crippen molar-refractivity contribution in [2.75, 3.05) is 13.3 Å². The van der Waals surface area contributed by atoms with Crippen LogP contribution in [-0.4, -0.2) is 32.7 Å². The number of benzene rings is 1. The molecular weight excluding hydrogens is 396 g/mol. The second kappa shape index (κ2) is 8.57. The molecule has 2 aromatic heterocycles. The Bertz CT molecular complexity index is 1070. The smallest absolute Gasteiger partial charge is 0.236 e. The Labute approximate surface area is 168 Å². The Hall–Kier alpha value is -2.65. The van der Waals surface area contributed by atoms with Gasteiger partial charge >= 0.3 is 0 Å². The number of sulfone groups is 1. The molecule has 0 aliphatic heterocycles. The van der Waals surface area contributed by atoms with Gasteiger partial charge in [-0.1, -0.05) is 18.2 Å². The van der Waals surface area contributed by atoms with Gasteiger partial charge in [-0.05, 0) is 35.6 Å². The zero-order valence-electron chi connectivity index (χ0n) is 15.9. The van der Waals surface area contributed by atoms with Gasteiger partial charge in [-0.3, -0.25) is 4.99 Å². The Kier molecular flexibility index (Phi) is 6.15. The van der Waals surface area contributed by atoms with Gasteiger partial charge in [0.2, 0.25) is 5.89 Å². The predicted octanol–water partition coefficient (Wildman–Crippen LogP) is 2.98. The van der Waals surface area contributed by atoms with Crippen molar-refractivity contribution in [1.29, 1.82) is 0 Å². The first-order valence-corrected chi connectivity index (χ1v) is 11.4. The summed E-state index contributed by atoms with van der Waals surface area (Å²) in [6.45, 7) is 2.78. The van der Waals surface area contributed by atoms with E-state index in [0.29, 0.717) is 29.8 Å². The fourth-order valence-electron chi connectivity index (χ4n) is 2.72. The number of aryl methyl sites for hydroxylation is 1. The fraction of sp³-hybridized carbons (Fsp3) is 0.263. The van der Waals surface area contributed by atoms with Crippen LogP contribution in [0.3, 0.4) is 0 Å². The van der Waals surface area contributed by atoms with Crippen molar-refractivity contribution in [2.45, 2.75) is 24.9 Å². The average Bonchev–Trinajstić information content (AvgIpc) is 3.32. The third kappa shape index (κ3) is 4.99. The number of hydrogen-bond donors (Lipinski definition) is 2. The van der Waals surface area contributed by atoms with E-state index in [1.54, 1.807) is 43.7 Å². The molecule has 0 spiro atoms. The normalized spacial score (nSPS) is 12.2. The summed E-state index contributed by atoms with van der Waals surface area (Å²) in [5.41, 5.74) is 2.47. The van der Waals surface area contributed by atoms with E-state index >= 15 is 0 Å². The molecule has 1 aromatic carbocycles. The maximum absolute atomic E-state index is 11.7. The molecule has 2 heterocycles. The number of thiophene rings is 1. The van der Waals surface area contributed by atoms with Gasteiger partial charge in [0.15, 0.2) is 15.8 Å². The second-order valence-electron chi connectivity index (χ2n) is 6.27. The first kappa shape index (κ1) is 20.1. The van der Waals surface area contributed by atoms with E-state index in [2.05, 4.69) is 20.6 Å². The summed E-state index contributed by atoms with van der Waals surface area (Å²) in [6, 6.07) is 9.22. The van der Waals surface area contributed by atoms with Crippen molar-refractivity contribution < 1.29 is 12.8 Å². The molecule has 0 unspecified atom stereocenters. The van der Waals surface area contributed by atoms with E-state index in [1.165, 1.54) is 6.26 Å². The maximum atomic E-state index is 11.7. The Morgan fingerprint density at radius 2 is 2.04 bits per heavy atom. The van der Waals surface area contributed by atoms with E-state index in [4.69, 9.17) is 4.42 Å². The van der Waals surface area contributed by atoms with Crippen molar-refractivity contribution >= 4 is 27.1 Å². The van der Waals surface area contributed by atoms with Crippen LogP contribution in [0, 0.1) is 6.92 Å². The summed E-state index contributed by atoms with van der Waals surface area (Å²) in [6.07, 6.45) is 2.84. The molecular formula is C19H22N4O3S2. The highest BCUT2D eigenvalue weighted by Gasteiger charge is 2.11. The third-order valence-electron chi connectivity index (χ3n) is 4.04. The minimum atomic E-state index is -3.21. The van der Waals surface area contributed by atoms with E-state index in [-0.39, 0.29) is 0 Å². The quantitative estimate of drug-likeness (QED) is 0.472. The van der Waals surface area contributed by atoms with E-state index in [0.717, 1.165) is 21.7 Å². The molecule has 3 rings (SSSR count). The zero-order valence-corrected chi connectivity index (χ0v) is 17.5. The van der Waals surface area contributed by atoms with Crippen LogP contribution in [0.1, 0.15) is 16.8 Å². The van der Waals surface area contributed by atoms with E-state index in [1.807, 2.05) is 23.6 Å². The Morgan fingerprint density at radius 1 is 1.25 bits per heavy atom. The highest BCUT2D eigenvalue weighted by atomic mass is 32.2. The molecule has 3 aromatic rings. The number of rotatable bonds is 6. The standard InChI is InChI=1S/C19H22N4O3S2/c1-13-9-14(6-7-17(13)28(3,24)25)10-21-19(20-2)22-11-15-12-26-18(23-15)16-5-4-8-27-16/h4-9,12H,10-11H2,1-3H3,(H2,20,21,22). The molecule has 0 saturated heterocycles. The second-order valence-corrected chi connectivity index (χ2v) is 9.20. The highest BCUT2D eigenvalue weighted by Crippen LogP contribution is 2.23. The summed E-state index contributed by atoms with van der Waals surface area (Å²) >= 11 is 1.58. The monoisotopic (exact) mass is 418 g/mol. The van der Waals surface area contributed by atoms with Gasteiger partial charge < -0.3 is 15.1 Å². The lowest BCUT2D eigenvalue weighted by atomic mass is 10.1. The van der Waals surface area contributed by atoms with Gasteiger partial charge in [-0.2, -0.15) is 0 Å². The van der Waals surface area contributed by atoms with Crippen molar-refractivity contribution in [3.8, 4) is 10.8 Å². The minimum Gasteiger partial charge on any atom is -0.443 e. The molecule has 2 N–H and O–H groups in total. The lowest BCUT2D eigenvalue weighted by molar-refractivity contribution is 0.573. The molecule has 0 saturated carbocycles. The lowest BCUT2D eigenvalue weighted by Gasteiger charge is -2.12. The molecule has 0 amide bonds. The SMILES string of the molecule is CN=C(NCc1ccc(S(C)(=O)=O)c(C)c1)NCc1coc(-c2cccs2)n1. The number of guanidine groups is 1. The topological polar surface area (TPSA) is 96.6 Å². The molecule has 0 aliphatic carbocycles. The van der Waals surface area contributed by atoms with Crippen LogP contribution in [0.25, 0.3) is 10.8 Å². The van der Waals surface area contributed by atoms with Gasteiger partial charge in [-0.15, -0.1) is 11.3 Å². The average molecular weight is 419 g/mol. The molecule has 0 bridgehead atoms. The number of nitrogens with zero attached hydrogens (tertiary/aromatic N) is 2. The molecule has 0 atom stereocenters. The predicted molar refractivity (Wildman–Crippen MR) is 111 cm³/mol. The Balaban J connectivity index is 1.56. The molecule has 28 heavy (non-hydrogen) atoms. The van der Waals surface area contributed by atoms with Crippen molar-refractivity contribution in [3.05, 3.63) is 58.8 Å². The van der Waals surface area contributed by atoms with Gasteiger partial charge in [0.05, 0.1) is 22.0 Å². The van der Waals surface area contributed by atoms with Crippen LogP contribution in [0.2, 0.25) is 0 Å². The van der Waals surface area contributed by atoms with Gasteiger partial charge in [0, 0.05) is 19.8 Å². The van der Waals surface area contributed by atoms with Crippen LogP contribution in [-0.2, 0) is 22.9 Å². The van der Waals surface area contributed by atoms with E-state index < -0.39 is 9.84 Å². The minimum absolute atomic E-state index is 0.353. The first-order valence-electron chi connectivity index (χ1n) is 8.59. The highest BCUT2D eigenvalue weighted by molar-refractivity contribution is 7.90. The molecule has 0 aliphatic rings. The first-order chi connectivity index (χ1) is 13.4. The van der Waals surface area contributed by atoms with Crippen LogP contribution in [0.4, 0.5) is 0 Å². The van der Waals surface area contributed by atoms with Crippen molar-refractivity contribution in [2.24, 2.45) is 4.99 Å². The molecule has 0 radical (unpaired) electrons. The summed E-state index contributed by atoms with van der Waals surface area (Å²) in [5, 5.41) is 8.38. The number of hydrogen-bond acceptors (Lipinski definition) is 6. The number of aliphatic imine (C=N–C) groups is 1. The van der Waals surface area contributed by atoms with E-state index in [9.17, 15) is 8.42 Å². The summed E-state index contributed by atoms with van der Waals surface area (Å²) in [7, 11) is -1.52. The van der Waals surface area contributed by atoms with Gasteiger partial charge in [-0.25, -0.2) is 13.4 Å². The number of aromatic nitrogens is 1. The molecule has 9 heteroatoms. The third-order valence-corrected chi connectivity index (χ3v) is 6.16. The van der Waals surface area contributed by atoms with Crippen molar-refractivity contribution in [3.63, 3.8) is 0 Å². The van der Waals surface area contributed by atoms with Crippen molar-refractivity contribution in [1.82, 2.24) is 15.6 Å². The summed E-state index contributed by atoms with van der Waals surface area (Å²) in [4.78, 5) is 10.0.